The van der Waals surface area contributed by atoms with Gasteiger partial charge in [0.25, 0.3) is 5.91 Å². The molecule has 1 heterocycles. The lowest BCUT2D eigenvalue weighted by Gasteiger charge is -2.15. The zero-order valence-corrected chi connectivity index (χ0v) is 16.7. The average molecular weight is 424 g/mol. The summed E-state index contributed by atoms with van der Waals surface area (Å²) in [6.45, 7) is 0.768. The molecule has 0 spiro atoms. The second-order valence-corrected chi connectivity index (χ2v) is 8.03. The highest BCUT2D eigenvalue weighted by atomic mass is 32.2. The van der Waals surface area contributed by atoms with E-state index in [1.165, 1.54) is 50.6 Å². The first-order valence-corrected chi connectivity index (χ1v) is 10.3. The molecule has 29 heavy (non-hydrogen) atoms. The van der Waals surface area contributed by atoms with E-state index < -0.39 is 21.7 Å². The molecule has 0 aliphatic carbocycles. The third-order valence-corrected chi connectivity index (χ3v) is 5.93. The van der Waals surface area contributed by atoms with Crippen LogP contribution in [0, 0.1) is 5.82 Å². The molecule has 0 unspecified atom stereocenters. The van der Waals surface area contributed by atoms with Crippen LogP contribution in [0.15, 0.2) is 41.3 Å². The molecule has 1 fully saturated rings. The van der Waals surface area contributed by atoms with Crippen molar-refractivity contribution in [3.8, 4) is 11.5 Å². The van der Waals surface area contributed by atoms with Gasteiger partial charge in [-0.15, -0.1) is 0 Å². The Morgan fingerprint density at radius 3 is 2.59 bits per heavy atom. The lowest BCUT2D eigenvalue weighted by molar-refractivity contribution is 0.102. The molecule has 2 aromatic carbocycles. The van der Waals surface area contributed by atoms with Crippen molar-refractivity contribution in [2.45, 2.75) is 17.4 Å². The van der Waals surface area contributed by atoms with Gasteiger partial charge in [-0.3, -0.25) is 4.79 Å². The summed E-state index contributed by atoms with van der Waals surface area (Å²) in [5.41, 5.74) is -0.222. The van der Waals surface area contributed by atoms with E-state index in [9.17, 15) is 17.6 Å². The van der Waals surface area contributed by atoms with Crippen LogP contribution >= 0.6 is 0 Å². The first kappa shape index (κ1) is 21.0. The minimum atomic E-state index is -3.88. The van der Waals surface area contributed by atoms with Crippen LogP contribution < -0.4 is 19.5 Å². The van der Waals surface area contributed by atoms with Gasteiger partial charge >= 0.3 is 0 Å². The van der Waals surface area contributed by atoms with Gasteiger partial charge in [0.1, 0.15) is 17.2 Å². The van der Waals surface area contributed by atoms with Crippen LogP contribution in [0.4, 0.5) is 10.1 Å². The fourth-order valence-electron chi connectivity index (χ4n) is 2.92. The molecule has 0 radical (unpaired) electrons. The Kier molecular flexibility index (Phi) is 6.36. The second kappa shape index (κ2) is 8.76. The fraction of sp³-hybridized carbons (Fsp3) is 0.316. The fourth-order valence-corrected chi connectivity index (χ4v) is 4.20. The number of benzene rings is 2. The molecule has 8 nitrogen and oxygen atoms in total. The monoisotopic (exact) mass is 424 g/mol. The molecule has 0 aromatic heterocycles. The maximum atomic E-state index is 14.1. The van der Waals surface area contributed by atoms with Crippen molar-refractivity contribution in [3.63, 3.8) is 0 Å². The van der Waals surface area contributed by atoms with Gasteiger partial charge in [-0.25, -0.2) is 17.5 Å². The Morgan fingerprint density at radius 1 is 1.17 bits per heavy atom. The molecule has 156 valence electrons. The van der Waals surface area contributed by atoms with Crippen molar-refractivity contribution in [2.75, 3.05) is 32.8 Å². The molecule has 2 aromatic rings. The van der Waals surface area contributed by atoms with E-state index in [0.29, 0.717) is 13.0 Å². The van der Waals surface area contributed by atoms with Crippen LogP contribution in [0.2, 0.25) is 0 Å². The van der Waals surface area contributed by atoms with E-state index in [1.54, 1.807) is 0 Å². The van der Waals surface area contributed by atoms with Gasteiger partial charge in [0.05, 0.1) is 31.3 Å². The molecular weight excluding hydrogens is 403 g/mol. The van der Waals surface area contributed by atoms with E-state index in [4.69, 9.17) is 14.2 Å². The molecule has 0 saturated carbocycles. The van der Waals surface area contributed by atoms with E-state index in [-0.39, 0.29) is 40.3 Å². The highest BCUT2D eigenvalue weighted by molar-refractivity contribution is 7.89. The van der Waals surface area contributed by atoms with Gasteiger partial charge in [0, 0.05) is 12.6 Å². The highest BCUT2D eigenvalue weighted by Gasteiger charge is 2.26. The second-order valence-electron chi connectivity index (χ2n) is 6.32. The van der Waals surface area contributed by atoms with Crippen LogP contribution in [0.5, 0.6) is 11.5 Å². The number of hydrogen-bond donors (Lipinski definition) is 2. The molecule has 10 heteroatoms. The lowest BCUT2D eigenvalue weighted by Crippen LogP contribution is -2.35. The van der Waals surface area contributed by atoms with Gasteiger partial charge < -0.3 is 19.5 Å². The van der Waals surface area contributed by atoms with Gasteiger partial charge in [0.2, 0.25) is 10.0 Å². The topological polar surface area (TPSA) is 103 Å². The smallest absolute Gasteiger partial charge is 0.259 e. The molecule has 1 aliphatic rings. The van der Waals surface area contributed by atoms with Crippen molar-refractivity contribution in [3.05, 3.63) is 47.8 Å². The number of carbonyl (C=O) groups excluding carboxylic acids is 1. The summed E-state index contributed by atoms with van der Waals surface area (Å²) in [6, 6.07) is 7.65. The van der Waals surface area contributed by atoms with Crippen LogP contribution in [0.25, 0.3) is 0 Å². The molecule has 2 N–H and O–H groups in total. The number of halogens is 1. The quantitative estimate of drug-likeness (QED) is 0.706. The summed E-state index contributed by atoms with van der Waals surface area (Å²) in [5, 5.41) is 2.42. The molecule has 3 rings (SSSR count). The van der Waals surface area contributed by atoms with Crippen molar-refractivity contribution in [1.82, 2.24) is 4.72 Å². The lowest BCUT2D eigenvalue weighted by atomic mass is 10.1. The molecule has 1 saturated heterocycles. The van der Waals surface area contributed by atoms with Crippen LogP contribution in [-0.4, -0.2) is 47.8 Å². The molecule has 1 aliphatic heterocycles. The van der Waals surface area contributed by atoms with Gasteiger partial charge in [-0.2, -0.15) is 0 Å². The first-order valence-electron chi connectivity index (χ1n) is 8.77. The molecular formula is C19H21FN2O6S. The predicted octanol–water partition coefficient (Wildman–Crippen LogP) is 2.16. The number of hydrogen-bond acceptors (Lipinski definition) is 6. The van der Waals surface area contributed by atoms with Crippen molar-refractivity contribution in [2.24, 2.45) is 0 Å². The normalized spacial score (nSPS) is 16.4. The Bertz CT molecular complexity index is 1010. The minimum absolute atomic E-state index is 0.0663. The van der Waals surface area contributed by atoms with E-state index in [0.717, 1.165) is 0 Å². The summed E-state index contributed by atoms with van der Waals surface area (Å²) in [6.07, 6.45) is 0.565. The highest BCUT2D eigenvalue weighted by Crippen LogP contribution is 2.29. The Labute approximate surface area is 168 Å². The molecule has 0 bridgehead atoms. The van der Waals surface area contributed by atoms with Crippen LogP contribution in [-0.2, 0) is 14.8 Å². The zero-order chi connectivity index (χ0) is 21.0. The van der Waals surface area contributed by atoms with Crippen molar-refractivity contribution >= 4 is 21.6 Å². The Hall–Kier alpha value is -2.69. The SMILES string of the molecule is COc1ccc(S(=O)(=O)N[C@H]2CCOC2)cc1C(=O)Nc1c(F)cccc1OC. The largest absolute Gasteiger partial charge is 0.496 e. The number of amides is 1. The maximum Gasteiger partial charge on any atom is 0.259 e. The van der Waals surface area contributed by atoms with Crippen LogP contribution in [0.3, 0.4) is 0 Å². The number of ether oxygens (including phenoxy) is 3. The average Bonchev–Trinajstić information content (AvgIpc) is 3.21. The van der Waals surface area contributed by atoms with E-state index in [1.807, 2.05) is 0 Å². The van der Waals surface area contributed by atoms with E-state index in [2.05, 4.69) is 10.0 Å². The summed E-state index contributed by atoms with van der Waals surface area (Å²) in [4.78, 5) is 12.7. The molecule has 1 amide bonds. The summed E-state index contributed by atoms with van der Waals surface area (Å²) >= 11 is 0. The van der Waals surface area contributed by atoms with Crippen molar-refractivity contribution < 1.29 is 31.8 Å². The number of carbonyl (C=O) groups is 1. The first-order chi connectivity index (χ1) is 13.9. The van der Waals surface area contributed by atoms with Crippen molar-refractivity contribution in [1.29, 1.82) is 0 Å². The number of nitrogens with one attached hydrogen (secondary N) is 2. The number of sulfonamides is 1. The Morgan fingerprint density at radius 2 is 1.93 bits per heavy atom. The number of para-hydroxylation sites is 1. The summed E-state index contributed by atoms with van der Waals surface area (Å²) in [5.74, 6) is -1.17. The predicted molar refractivity (Wildman–Crippen MR) is 103 cm³/mol. The number of methoxy groups -OCH3 is 2. The van der Waals surface area contributed by atoms with Gasteiger partial charge in [0.15, 0.2) is 5.82 Å². The zero-order valence-electron chi connectivity index (χ0n) is 15.9. The number of rotatable bonds is 7. The summed E-state index contributed by atoms with van der Waals surface area (Å²) < 4.78 is 57.4. The minimum Gasteiger partial charge on any atom is -0.496 e. The summed E-state index contributed by atoms with van der Waals surface area (Å²) in [7, 11) is -1.19. The maximum absolute atomic E-state index is 14.1. The molecule has 1 atom stereocenters. The van der Waals surface area contributed by atoms with Gasteiger partial charge in [-0.1, -0.05) is 6.07 Å². The van der Waals surface area contributed by atoms with Crippen LogP contribution in [0.1, 0.15) is 16.8 Å². The third kappa shape index (κ3) is 4.66. The Balaban J connectivity index is 1.92. The third-order valence-electron chi connectivity index (χ3n) is 4.41. The van der Waals surface area contributed by atoms with Gasteiger partial charge in [-0.05, 0) is 36.8 Å². The standard InChI is InChI=1S/C19H21FN2O6S/c1-26-16-7-6-13(29(24,25)22-12-8-9-28-11-12)10-14(16)19(23)21-18-15(20)4-3-5-17(18)27-2/h3-7,10,12,22H,8-9,11H2,1-2H3,(H,21,23)/t12-/m0/s1. The van der Waals surface area contributed by atoms with E-state index >= 15 is 0 Å². The number of anilines is 1.